The third-order valence-corrected chi connectivity index (χ3v) is 1.48. The van der Waals surface area contributed by atoms with Crippen LogP contribution in [0.3, 0.4) is 0 Å². The zero-order valence-corrected chi connectivity index (χ0v) is 7.83. The summed E-state index contributed by atoms with van der Waals surface area (Å²) in [5, 5.41) is 17.0. The minimum atomic E-state index is -1.63. The largest absolute Gasteiger partial charge is 0.430 e. The molecule has 0 amide bonds. The minimum Gasteiger partial charge on any atom is -0.430 e. The molecule has 0 saturated heterocycles. The number of hydrogen-bond donors (Lipinski definition) is 0. The molecule has 0 rings (SSSR count). The third-order valence-electron chi connectivity index (χ3n) is 1.48. The van der Waals surface area contributed by atoms with E-state index in [1.807, 2.05) is 6.92 Å². The first-order chi connectivity index (χ1) is 6.08. The van der Waals surface area contributed by atoms with Crippen LogP contribution in [0.1, 0.15) is 33.1 Å². The maximum atomic E-state index is 11.0. The van der Waals surface area contributed by atoms with Gasteiger partial charge < -0.3 is 4.74 Å². The molecule has 13 heavy (non-hydrogen) atoms. The molecule has 0 saturated carbocycles. The van der Waals surface area contributed by atoms with Crippen LogP contribution in [0, 0.1) is 22.7 Å². The Labute approximate surface area is 77.7 Å². The summed E-state index contributed by atoms with van der Waals surface area (Å²) in [4.78, 5) is 11.0. The van der Waals surface area contributed by atoms with Crippen LogP contribution in [0.4, 0.5) is 0 Å². The van der Waals surface area contributed by atoms with E-state index in [1.165, 1.54) is 6.92 Å². The van der Waals surface area contributed by atoms with E-state index < -0.39 is 11.6 Å². The van der Waals surface area contributed by atoms with Crippen LogP contribution in [0.25, 0.3) is 0 Å². The number of esters is 1. The molecule has 0 atom stereocenters. The first-order valence-electron chi connectivity index (χ1n) is 4.12. The second-order valence-electron chi connectivity index (χ2n) is 2.83. The molecule has 4 heteroatoms. The second-order valence-corrected chi connectivity index (χ2v) is 2.83. The van der Waals surface area contributed by atoms with E-state index in [4.69, 9.17) is 10.5 Å². The maximum Gasteiger partial charge on any atom is 0.308 e. The molecule has 0 aliphatic rings. The fourth-order valence-corrected chi connectivity index (χ4v) is 0.670. The van der Waals surface area contributed by atoms with E-state index >= 15 is 0 Å². The molecule has 0 fully saturated rings. The van der Waals surface area contributed by atoms with Crippen LogP contribution in [0.5, 0.6) is 0 Å². The number of carbonyl (C=O) groups is 1. The first kappa shape index (κ1) is 11.4. The fraction of sp³-hybridized carbons (Fsp3) is 0.667. The summed E-state index contributed by atoms with van der Waals surface area (Å²) < 4.78 is 4.68. The topological polar surface area (TPSA) is 73.9 Å². The Hall–Kier alpha value is -1.55. The lowest BCUT2D eigenvalue weighted by Crippen LogP contribution is -2.27. The Balaban J connectivity index is 4.07. The lowest BCUT2D eigenvalue weighted by molar-refractivity contribution is -0.149. The summed E-state index contributed by atoms with van der Waals surface area (Å²) in [6.07, 6.45) is 1.85. The molecule has 70 valence electrons. The average Bonchev–Trinajstić information content (AvgIpc) is 2.14. The maximum absolute atomic E-state index is 11.0. The molecular formula is C9H12N2O2. The summed E-state index contributed by atoms with van der Waals surface area (Å²) >= 11 is 0. The van der Waals surface area contributed by atoms with Gasteiger partial charge in [0.05, 0.1) is 0 Å². The number of hydrogen-bond acceptors (Lipinski definition) is 4. The predicted molar refractivity (Wildman–Crippen MR) is 45.2 cm³/mol. The van der Waals surface area contributed by atoms with E-state index in [-0.39, 0.29) is 6.42 Å². The minimum absolute atomic E-state index is 0.259. The molecule has 0 N–H and O–H groups in total. The summed E-state index contributed by atoms with van der Waals surface area (Å²) in [5.74, 6) is -0.493. The molecule has 0 bridgehead atoms. The lowest BCUT2D eigenvalue weighted by atomic mass is 10.1. The van der Waals surface area contributed by atoms with Gasteiger partial charge in [0.2, 0.25) is 0 Å². The summed E-state index contributed by atoms with van der Waals surface area (Å²) in [7, 11) is 0. The van der Waals surface area contributed by atoms with E-state index in [9.17, 15) is 4.79 Å². The van der Waals surface area contributed by atoms with Crippen LogP contribution in [-0.4, -0.2) is 11.6 Å². The van der Waals surface area contributed by atoms with Gasteiger partial charge in [-0.2, -0.15) is 10.5 Å². The highest BCUT2D eigenvalue weighted by Gasteiger charge is 2.27. The van der Waals surface area contributed by atoms with Crippen molar-refractivity contribution in [2.45, 2.75) is 38.7 Å². The van der Waals surface area contributed by atoms with Crippen LogP contribution < -0.4 is 0 Å². The molecule has 0 aromatic rings. The Morgan fingerprint density at radius 3 is 2.38 bits per heavy atom. The second kappa shape index (κ2) is 5.16. The number of ether oxygens (including phenoxy) is 1. The van der Waals surface area contributed by atoms with Crippen LogP contribution >= 0.6 is 0 Å². The van der Waals surface area contributed by atoms with E-state index in [0.717, 1.165) is 6.42 Å². The van der Waals surface area contributed by atoms with Gasteiger partial charge in [0.25, 0.3) is 5.60 Å². The summed E-state index contributed by atoms with van der Waals surface area (Å²) in [6.45, 7) is 3.22. The first-order valence-corrected chi connectivity index (χ1v) is 4.12. The van der Waals surface area contributed by atoms with Crippen LogP contribution in [0.2, 0.25) is 0 Å². The van der Waals surface area contributed by atoms with Gasteiger partial charge in [-0.1, -0.05) is 13.3 Å². The molecule has 0 aliphatic carbocycles. The van der Waals surface area contributed by atoms with Crippen molar-refractivity contribution in [1.82, 2.24) is 0 Å². The van der Waals surface area contributed by atoms with Crippen molar-refractivity contribution in [1.29, 1.82) is 10.5 Å². The molecular weight excluding hydrogens is 168 g/mol. The SMILES string of the molecule is CCCCC(=O)OC(C)(C#N)C#N. The van der Waals surface area contributed by atoms with E-state index in [2.05, 4.69) is 4.74 Å². The zero-order chi connectivity index (χ0) is 10.3. The number of unbranched alkanes of at least 4 members (excludes halogenated alkanes) is 1. The number of carbonyl (C=O) groups excluding carboxylic acids is 1. The number of rotatable bonds is 4. The lowest BCUT2D eigenvalue weighted by Gasteiger charge is -2.12. The Morgan fingerprint density at radius 1 is 1.46 bits per heavy atom. The number of nitriles is 2. The third kappa shape index (κ3) is 4.12. The summed E-state index contributed by atoms with van der Waals surface area (Å²) in [6, 6.07) is 3.26. The Bertz CT molecular complexity index is 246. The van der Waals surface area contributed by atoms with Gasteiger partial charge in [-0.25, -0.2) is 0 Å². The van der Waals surface area contributed by atoms with Crippen molar-refractivity contribution in [3.05, 3.63) is 0 Å². The molecule has 4 nitrogen and oxygen atoms in total. The normalized spacial score (nSPS) is 9.85. The zero-order valence-electron chi connectivity index (χ0n) is 7.83. The van der Waals surface area contributed by atoms with E-state index in [0.29, 0.717) is 6.42 Å². The van der Waals surface area contributed by atoms with Gasteiger partial charge in [-0.05, 0) is 6.42 Å². The highest BCUT2D eigenvalue weighted by atomic mass is 16.6. The quantitative estimate of drug-likeness (QED) is 0.615. The van der Waals surface area contributed by atoms with Crippen molar-refractivity contribution in [2.24, 2.45) is 0 Å². The molecule has 0 unspecified atom stereocenters. The van der Waals surface area contributed by atoms with Gasteiger partial charge in [-0.3, -0.25) is 4.79 Å². The van der Waals surface area contributed by atoms with Gasteiger partial charge in [0.1, 0.15) is 12.1 Å². The highest BCUT2D eigenvalue weighted by molar-refractivity contribution is 5.70. The predicted octanol–water partition coefficient (Wildman–Crippen LogP) is 1.53. The smallest absolute Gasteiger partial charge is 0.308 e. The van der Waals surface area contributed by atoms with Crippen molar-refractivity contribution in [2.75, 3.05) is 0 Å². The van der Waals surface area contributed by atoms with Gasteiger partial charge in [-0.15, -0.1) is 0 Å². The molecule has 0 radical (unpaired) electrons. The van der Waals surface area contributed by atoms with Crippen molar-refractivity contribution >= 4 is 5.97 Å². The van der Waals surface area contributed by atoms with Crippen LogP contribution in [-0.2, 0) is 9.53 Å². The van der Waals surface area contributed by atoms with Crippen molar-refractivity contribution < 1.29 is 9.53 Å². The monoisotopic (exact) mass is 180 g/mol. The Kier molecular flexibility index (Phi) is 4.54. The number of nitrogens with zero attached hydrogens (tertiary/aromatic N) is 2. The highest BCUT2D eigenvalue weighted by Crippen LogP contribution is 2.09. The average molecular weight is 180 g/mol. The van der Waals surface area contributed by atoms with Gasteiger partial charge in [0.15, 0.2) is 0 Å². The molecule has 0 aromatic carbocycles. The molecule has 0 aliphatic heterocycles. The van der Waals surface area contributed by atoms with E-state index in [1.54, 1.807) is 12.1 Å². The van der Waals surface area contributed by atoms with Gasteiger partial charge in [0, 0.05) is 13.3 Å². The summed E-state index contributed by atoms with van der Waals surface area (Å²) in [5.41, 5.74) is -1.63. The van der Waals surface area contributed by atoms with Crippen LogP contribution in [0.15, 0.2) is 0 Å². The van der Waals surface area contributed by atoms with Crippen molar-refractivity contribution in [3.8, 4) is 12.1 Å². The standard InChI is InChI=1S/C9H12N2O2/c1-3-4-5-8(12)13-9(2,6-10)7-11/h3-5H2,1-2H3. The fourth-order valence-electron chi connectivity index (χ4n) is 0.670. The van der Waals surface area contributed by atoms with Gasteiger partial charge >= 0.3 is 5.97 Å². The molecule has 0 spiro atoms. The Morgan fingerprint density at radius 2 is 2.00 bits per heavy atom. The molecule has 0 aromatic heterocycles. The molecule has 0 heterocycles. The van der Waals surface area contributed by atoms with Crippen molar-refractivity contribution in [3.63, 3.8) is 0 Å².